The van der Waals surface area contributed by atoms with Crippen LogP contribution in [0.5, 0.6) is 0 Å². The molecule has 0 fully saturated rings. The van der Waals surface area contributed by atoms with Crippen LogP contribution in [0, 0.1) is 11.3 Å². The van der Waals surface area contributed by atoms with Gasteiger partial charge in [-0.15, -0.1) is 11.8 Å². The third kappa shape index (κ3) is 2.91. The number of nitrogens with zero attached hydrogens (tertiary/aromatic N) is 2. The van der Waals surface area contributed by atoms with Gasteiger partial charge in [0, 0.05) is 18.5 Å². The Hall–Kier alpha value is -1.18. The molecule has 3 nitrogen and oxygen atoms in total. The number of thioether (sulfide) groups is 1. The second-order valence-corrected chi connectivity index (χ2v) is 4.65. The van der Waals surface area contributed by atoms with Crippen LogP contribution in [0.15, 0.2) is 23.1 Å². The molecule has 0 bridgehead atoms. The van der Waals surface area contributed by atoms with Crippen LogP contribution in [0.2, 0.25) is 0 Å². The van der Waals surface area contributed by atoms with Crippen molar-refractivity contribution in [1.29, 1.82) is 5.26 Å². The Kier molecular flexibility index (Phi) is 5.17. The van der Waals surface area contributed by atoms with Gasteiger partial charge in [0.05, 0.1) is 17.9 Å². The molecule has 0 aliphatic carbocycles. The van der Waals surface area contributed by atoms with E-state index < -0.39 is 0 Å². The molecule has 0 saturated carbocycles. The van der Waals surface area contributed by atoms with Gasteiger partial charge in [0.1, 0.15) is 6.07 Å². The van der Waals surface area contributed by atoms with Crippen LogP contribution in [-0.4, -0.2) is 31.1 Å². The van der Waals surface area contributed by atoms with Gasteiger partial charge in [0.25, 0.3) is 0 Å². The molecule has 0 heterocycles. The predicted octanol–water partition coefficient (Wildman–Crippen LogP) is 2.10. The number of nitriles is 1. The Morgan fingerprint density at radius 3 is 2.81 bits per heavy atom. The quantitative estimate of drug-likeness (QED) is 0.795. The summed E-state index contributed by atoms with van der Waals surface area (Å²) in [6.45, 7) is 2.69. The second kappa shape index (κ2) is 6.41. The lowest BCUT2D eigenvalue weighted by Gasteiger charge is -2.20. The van der Waals surface area contributed by atoms with Gasteiger partial charge in [-0.3, -0.25) is 0 Å². The zero-order valence-electron chi connectivity index (χ0n) is 9.60. The Morgan fingerprint density at radius 1 is 1.50 bits per heavy atom. The number of anilines is 1. The first-order valence-electron chi connectivity index (χ1n) is 5.22. The number of likely N-dealkylation sites (N-methyl/N-ethyl adjacent to an activating group) is 1. The summed E-state index contributed by atoms with van der Waals surface area (Å²) in [5, 5.41) is 18.1. The molecule has 0 aromatic heterocycles. The average molecular weight is 236 g/mol. The van der Waals surface area contributed by atoms with Crippen LogP contribution in [0.3, 0.4) is 0 Å². The van der Waals surface area contributed by atoms with Crippen molar-refractivity contribution in [2.24, 2.45) is 0 Å². The molecule has 86 valence electrons. The first kappa shape index (κ1) is 12.9. The molecule has 0 aliphatic heterocycles. The fourth-order valence-corrected chi connectivity index (χ4v) is 2.28. The minimum atomic E-state index is 0.0898. The fraction of sp³-hybridized carbons (Fsp3) is 0.417. The third-order valence-corrected chi connectivity index (χ3v) is 3.20. The normalized spacial score (nSPS) is 9.88. The van der Waals surface area contributed by atoms with Crippen molar-refractivity contribution in [3.05, 3.63) is 23.8 Å². The van der Waals surface area contributed by atoms with Crippen LogP contribution in [0.4, 0.5) is 5.69 Å². The van der Waals surface area contributed by atoms with Crippen molar-refractivity contribution in [1.82, 2.24) is 0 Å². The van der Waals surface area contributed by atoms with Gasteiger partial charge in [0.2, 0.25) is 0 Å². The molecule has 0 unspecified atom stereocenters. The van der Waals surface area contributed by atoms with E-state index in [1.165, 1.54) is 0 Å². The minimum Gasteiger partial charge on any atom is -0.395 e. The van der Waals surface area contributed by atoms with Gasteiger partial charge in [0.15, 0.2) is 0 Å². The van der Waals surface area contributed by atoms with E-state index in [0.29, 0.717) is 12.1 Å². The highest BCUT2D eigenvalue weighted by Crippen LogP contribution is 2.29. The average Bonchev–Trinajstić information content (AvgIpc) is 2.29. The highest BCUT2D eigenvalue weighted by molar-refractivity contribution is 7.99. The van der Waals surface area contributed by atoms with E-state index in [4.69, 9.17) is 5.11 Å². The number of aliphatic hydroxyl groups is 1. The Balaban J connectivity index is 3.09. The van der Waals surface area contributed by atoms with Crippen LogP contribution in [-0.2, 0) is 0 Å². The Labute approximate surface area is 101 Å². The summed E-state index contributed by atoms with van der Waals surface area (Å²) in [5.41, 5.74) is 1.58. The topological polar surface area (TPSA) is 47.3 Å². The van der Waals surface area contributed by atoms with E-state index >= 15 is 0 Å². The Bertz CT molecular complexity index is 387. The molecular weight excluding hydrogens is 220 g/mol. The van der Waals surface area contributed by atoms with Crippen molar-refractivity contribution >= 4 is 17.4 Å². The van der Waals surface area contributed by atoms with Crippen molar-refractivity contribution < 1.29 is 5.11 Å². The summed E-state index contributed by atoms with van der Waals surface area (Å²) in [6, 6.07) is 8.06. The summed E-state index contributed by atoms with van der Waals surface area (Å²) in [6.07, 6.45) is 0. The van der Waals surface area contributed by atoms with E-state index in [9.17, 15) is 5.26 Å². The molecule has 1 aromatic carbocycles. The maximum atomic E-state index is 9.19. The van der Waals surface area contributed by atoms with Crippen LogP contribution in [0.25, 0.3) is 0 Å². The predicted molar refractivity (Wildman–Crippen MR) is 67.9 cm³/mol. The molecule has 0 radical (unpaired) electrons. The van der Waals surface area contributed by atoms with Gasteiger partial charge in [-0.1, -0.05) is 13.0 Å². The highest BCUT2D eigenvalue weighted by atomic mass is 32.2. The fourth-order valence-electron chi connectivity index (χ4n) is 1.50. The lowest BCUT2D eigenvalue weighted by atomic mass is 10.2. The first-order valence-corrected chi connectivity index (χ1v) is 6.21. The smallest absolute Gasteiger partial charge is 0.103 e. The summed E-state index contributed by atoms with van der Waals surface area (Å²) in [4.78, 5) is 2.91. The summed E-state index contributed by atoms with van der Waals surface area (Å²) in [7, 11) is 1.88. The molecular formula is C12H16N2OS. The number of hydrogen-bond donors (Lipinski definition) is 1. The van der Waals surface area contributed by atoms with Gasteiger partial charge in [-0.25, -0.2) is 0 Å². The number of hydrogen-bond acceptors (Lipinski definition) is 4. The van der Waals surface area contributed by atoms with Crippen LogP contribution >= 0.6 is 11.8 Å². The molecule has 16 heavy (non-hydrogen) atoms. The number of rotatable bonds is 5. The van der Waals surface area contributed by atoms with E-state index in [2.05, 4.69) is 13.0 Å². The molecule has 0 aliphatic rings. The number of benzene rings is 1. The zero-order chi connectivity index (χ0) is 12.0. The molecule has 4 heteroatoms. The van der Waals surface area contributed by atoms with Gasteiger partial charge < -0.3 is 10.0 Å². The van der Waals surface area contributed by atoms with Crippen molar-refractivity contribution in [3.63, 3.8) is 0 Å². The van der Waals surface area contributed by atoms with E-state index in [-0.39, 0.29) is 6.61 Å². The maximum absolute atomic E-state index is 9.19. The standard InChI is InChI=1S/C12H16N2OS/c1-3-16-12-6-4-5-11(10(12)9-13)14(2)7-8-15/h4-6,15H,3,7-8H2,1-2H3. The number of aliphatic hydroxyl groups excluding tert-OH is 1. The van der Waals surface area contributed by atoms with Crippen LogP contribution in [0.1, 0.15) is 12.5 Å². The molecule has 0 saturated heterocycles. The second-order valence-electron chi connectivity index (χ2n) is 3.34. The molecule has 1 N–H and O–H groups in total. The molecule has 1 aromatic rings. The van der Waals surface area contributed by atoms with Gasteiger partial charge >= 0.3 is 0 Å². The highest BCUT2D eigenvalue weighted by Gasteiger charge is 2.10. The largest absolute Gasteiger partial charge is 0.395 e. The molecule has 0 atom stereocenters. The lowest BCUT2D eigenvalue weighted by molar-refractivity contribution is 0.304. The molecule has 0 amide bonds. The maximum Gasteiger partial charge on any atom is 0.103 e. The Morgan fingerprint density at radius 2 is 2.25 bits per heavy atom. The van der Waals surface area contributed by atoms with E-state index in [1.807, 2.05) is 30.1 Å². The van der Waals surface area contributed by atoms with E-state index in [0.717, 1.165) is 16.3 Å². The third-order valence-electron chi connectivity index (χ3n) is 2.26. The summed E-state index contributed by atoms with van der Waals surface area (Å²) < 4.78 is 0. The molecule has 0 spiro atoms. The first-order chi connectivity index (χ1) is 7.74. The zero-order valence-corrected chi connectivity index (χ0v) is 10.4. The van der Waals surface area contributed by atoms with Crippen molar-refractivity contribution in [3.8, 4) is 6.07 Å². The SMILES string of the molecule is CCSc1cccc(N(C)CCO)c1C#N. The van der Waals surface area contributed by atoms with Crippen molar-refractivity contribution in [2.75, 3.05) is 30.9 Å². The summed E-state index contributed by atoms with van der Waals surface area (Å²) >= 11 is 1.66. The van der Waals surface area contributed by atoms with Crippen LogP contribution < -0.4 is 4.90 Å². The molecule has 1 rings (SSSR count). The van der Waals surface area contributed by atoms with Gasteiger partial charge in [-0.2, -0.15) is 5.26 Å². The minimum absolute atomic E-state index is 0.0898. The monoisotopic (exact) mass is 236 g/mol. The summed E-state index contributed by atoms with van der Waals surface area (Å²) in [5.74, 6) is 0.946. The van der Waals surface area contributed by atoms with E-state index in [1.54, 1.807) is 11.8 Å². The lowest BCUT2D eigenvalue weighted by Crippen LogP contribution is -2.22. The van der Waals surface area contributed by atoms with Crippen molar-refractivity contribution in [2.45, 2.75) is 11.8 Å². The van der Waals surface area contributed by atoms with Gasteiger partial charge in [-0.05, 0) is 17.9 Å².